The zero-order valence-corrected chi connectivity index (χ0v) is 21.1. The van der Waals surface area contributed by atoms with Crippen molar-refractivity contribution in [2.24, 2.45) is 0 Å². The van der Waals surface area contributed by atoms with Crippen molar-refractivity contribution in [3.8, 4) is 0 Å². The van der Waals surface area contributed by atoms with Gasteiger partial charge in [0.2, 0.25) is 0 Å². The molecular formula is C20H43OS2Sn. The molecule has 1 radical (unpaired) electrons. The summed E-state index contributed by atoms with van der Waals surface area (Å²) in [7, 11) is 4.07. The molecular weight excluding hydrogens is 439 g/mol. The second-order valence-corrected chi connectivity index (χ2v) is 18.3. The van der Waals surface area contributed by atoms with Crippen LogP contribution in [0.2, 0.25) is 13.3 Å². The maximum atomic E-state index is 8.55. The zero-order valence-electron chi connectivity index (χ0n) is 16.7. The Kier molecular flexibility index (Phi) is 22.0. The van der Waals surface area contributed by atoms with Gasteiger partial charge in [0.05, 0.1) is 0 Å². The first kappa shape index (κ1) is 25.5. The van der Waals surface area contributed by atoms with Gasteiger partial charge in [0.25, 0.3) is 0 Å². The Morgan fingerprint density at radius 3 is 1.83 bits per heavy atom. The normalized spacial score (nSPS) is 17.1. The van der Waals surface area contributed by atoms with Crippen molar-refractivity contribution in [3.05, 3.63) is 0 Å². The molecule has 1 atom stereocenters. The molecule has 0 spiro atoms. The van der Waals surface area contributed by atoms with Crippen molar-refractivity contribution < 1.29 is 5.11 Å². The van der Waals surface area contributed by atoms with E-state index in [1.165, 1.54) is 70.0 Å². The first-order valence-corrected chi connectivity index (χ1v) is 18.9. The van der Waals surface area contributed by atoms with Crippen LogP contribution in [0.4, 0.5) is 0 Å². The molecule has 24 heavy (non-hydrogen) atoms. The number of hydrogen-bond donors (Lipinski definition) is 1. The Morgan fingerprint density at radius 2 is 1.42 bits per heavy atom. The molecule has 0 aromatic rings. The number of rotatable bonds is 14. The Balaban J connectivity index is 0.000000446. The minimum atomic E-state index is -0.839. The van der Waals surface area contributed by atoms with Gasteiger partial charge >= 0.3 is 92.4 Å². The average Bonchev–Trinajstić information content (AvgIpc) is 3.12. The van der Waals surface area contributed by atoms with Crippen molar-refractivity contribution in [2.45, 2.75) is 110 Å². The van der Waals surface area contributed by atoms with Crippen LogP contribution in [0.15, 0.2) is 0 Å². The van der Waals surface area contributed by atoms with E-state index >= 15 is 0 Å². The molecule has 1 N–H and O–H groups in total. The van der Waals surface area contributed by atoms with Gasteiger partial charge in [-0.1, -0.05) is 34.4 Å². The van der Waals surface area contributed by atoms with E-state index in [4.69, 9.17) is 5.11 Å². The zero-order chi connectivity index (χ0) is 17.9. The molecule has 0 aromatic heterocycles. The number of aliphatic hydroxyl groups is 1. The van der Waals surface area contributed by atoms with Gasteiger partial charge in [0.1, 0.15) is 0 Å². The summed E-state index contributed by atoms with van der Waals surface area (Å²) in [5.41, 5.74) is 0. The second-order valence-electron chi connectivity index (χ2n) is 6.96. The summed E-state index contributed by atoms with van der Waals surface area (Å²) in [5.74, 6) is 1.34. The second kappa shape index (κ2) is 20.8. The van der Waals surface area contributed by atoms with Crippen LogP contribution >= 0.6 is 21.6 Å². The van der Waals surface area contributed by atoms with Gasteiger partial charge in [-0.2, -0.15) is 0 Å². The molecule has 0 saturated carbocycles. The Hall–Kier alpha value is 1.46. The number of hydrogen-bond acceptors (Lipinski definition) is 3. The van der Waals surface area contributed by atoms with E-state index in [1.54, 1.807) is 13.3 Å². The molecule has 0 amide bonds. The van der Waals surface area contributed by atoms with E-state index in [1.807, 2.05) is 10.8 Å². The van der Waals surface area contributed by atoms with Gasteiger partial charge in [0.15, 0.2) is 0 Å². The first-order chi connectivity index (χ1) is 11.8. The van der Waals surface area contributed by atoms with Gasteiger partial charge in [0, 0.05) is 17.6 Å². The molecule has 0 bridgehead atoms. The third-order valence-electron chi connectivity index (χ3n) is 4.56. The predicted octanol–water partition coefficient (Wildman–Crippen LogP) is 7.57. The van der Waals surface area contributed by atoms with E-state index < -0.39 is 19.8 Å². The van der Waals surface area contributed by atoms with Gasteiger partial charge in [-0.25, -0.2) is 0 Å². The molecule has 145 valence electrons. The topological polar surface area (TPSA) is 20.2 Å². The molecule has 1 fully saturated rings. The van der Waals surface area contributed by atoms with Crippen molar-refractivity contribution in [3.63, 3.8) is 0 Å². The van der Waals surface area contributed by atoms with E-state index in [2.05, 4.69) is 31.6 Å². The molecule has 1 nitrogen and oxygen atoms in total. The van der Waals surface area contributed by atoms with Crippen molar-refractivity contribution in [1.29, 1.82) is 0 Å². The maximum Gasteiger partial charge on any atom is 0.0431 e. The smallest absolute Gasteiger partial charge is 0.0431 e. The van der Waals surface area contributed by atoms with Gasteiger partial charge in [-0.05, 0) is 19.3 Å². The Labute approximate surface area is 168 Å². The Bertz CT molecular complexity index is 217. The molecule has 4 heteroatoms. The molecule has 0 aliphatic carbocycles. The standard InChI is InChI=1S/C8H16OS2.3C4H9.Sn/c9-6-3-1-2-4-8-5-7-10-11-8;3*1-3-4-2;/h8-9H,1-7H2;3*1,3-4H2,2H3;. The minimum absolute atomic E-state index is 0.368. The fourth-order valence-corrected chi connectivity index (χ4v) is 15.4. The van der Waals surface area contributed by atoms with Gasteiger partial charge in [-0.3, -0.25) is 0 Å². The van der Waals surface area contributed by atoms with Crippen LogP contribution in [0.5, 0.6) is 0 Å². The fraction of sp³-hybridized carbons (Fsp3) is 1.00. The summed E-state index contributed by atoms with van der Waals surface area (Å²) >= 11 is -0.839. The summed E-state index contributed by atoms with van der Waals surface area (Å²) in [5, 5.41) is 9.46. The van der Waals surface area contributed by atoms with Crippen molar-refractivity contribution >= 4 is 41.3 Å². The van der Waals surface area contributed by atoms with Crippen LogP contribution in [-0.2, 0) is 0 Å². The van der Waals surface area contributed by atoms with E-state index in [-0.39, 0.29) is 0 Å². The molecule has 1 heterocycles. The molecule has 1 aliphatic rings. The molecule has 1 rings (SSSR count). The maximum absolute atomic E-state index is 8.55. The SMILES string of the molecule is CCC[CH2][Sn]([CH2]CCC)[CH2]CCC.OCCCCCC1CCSS1. The molecule has 1 aliphatic heterocycles. The minimum Gasteiger partial charge on any atom is -0.396 e. The number of aliphatic hydroxyl groups excluding tert-OH is 1. The van der Waals surface area contributed by atoms with Crippen LogP contribution in [0.3, 0.4) is 0 Å². The van der Waals surface area contributed by atoms with Crippen LogP contribution in [0, 0.1) is 0 Å². The average molecular weight is 482 g/mol. The summed E-state index contributed by atoms with van der Waals surface area (Å²) in [6.45, 7) is 7.37. The molecule has 1 saturated heterocycles. The molecule has 1 unspecified atom stereocenters. The first-order valence-electron chi connectivity index (χ1n) is 10.5. The monoisotopic (exact) mass is 483 g/mol. The van der Waals surface area contributed by atoms with E-state index in [9.17, 15) is 0 Å². The fourth-order valence-electron chi connectivity index (χ4n) is 2.88. The third-order valence-corrected chi connectivity index (χ3v) is 16.7. The number of unbranched alkanes of at least 4 members (excludes halogenated alkanes) is 5. The van der Waals surface area contributed by atoms with E-state index in [0.29, 0.717) is 6.61 Å². The van der Waals surface area contributed by atoms with Gasteiger partial charge in [-0.15, -0.1) is 0 Å². The van der Waals surface area contributed by atoms with Crippen molar-refractivity contribution in [2.75, 3.05) is 12.4 Å². The van der Waals surface area contributed by atoms with Crippen LogP contribution in [0.1, 0.15) is 91.4 Å². The quantitative estimate of drug-likeness (QED) is 0.157. The Morgan fingerprint density at radius 1 is 0.833 bits per heavy atom. The summed E-state index contributed by atoms with van der Waals surface area (Å²) in [4.78, 5) is 0. The van der Waals surface area contributed by atoms with E-state index in [0.717, 1.165) is 11.7 Å². The third kappa shape index (κ3) is 16.9. The molecule has 0 aromatic carbocycles. The van der Waals surface area contributed by atoms with Crippen molar-refractivity contribution in [1.82, 2.24) is 0 Å². The van der Waals surface area contributed by atoms with Crippen LogP contribution in [0.25, 0.3) is 0 Å². The van der Waals surface area contributed by atoms with Crippen LogP contribution in [-0.4, -0.2) is 42.5 Å². The van der Waals surface area contributed by atoms with Crippen LogP contribution < -0.4 is 0 Å². The predicted molar refractivity (Wildman–Crippen MR) is 119 cm³/mol. The summed E-state index contributed by atoms with van der Waals surface area (Å²) in [6, 6.07) is 0. The summed E-state index contributed by atoms with van der Waals surface area (Å²) in [6.07, 6.45) is 15.1. The van der Waals surface area contributed by atoms with Gasteiger partial charge < -0.3 is 5.11 Å². The summed E-state index contributed by atoms with van der Waals surface area (Å²) < 4.78 is 5.04. The largest absolute Gasteiger partial charge is 0.396 e.